The van der Waals surface area contributed by atoms with E-state index in [1.807, 2.05) is 4.90 Å². The second-order valence-corrected chi connectivity index (χ2v) is 7.08. The van der Waals surface area contributed by atoms with E-state index in [0.29, 0.717) is 25.9 Å². The third-order valence-electron chi connectivity index (χ3n) is 3.69. The summed E-state index contributed by atoms with van der Waals surface area (Å²) < 4.78 is 22.8. The number of carbonyl (C=O) groups excluding carboxylic acids is 1. The lowest BCUT2D eigenvalue weighted by molar-refractivity contribution is -0.123. The second-order valence-electron chi connectivity index (χ2n) is 4.92. The Bertz CT molecular complexity index is 401. The van der Waals surface area contributed by atoms with Crippen molar-refractivity contribution in [2.75, 3.05) is 24.6 Å². The predicted molar refractivity (Wildman–Crippen MR) is 61.9 cm³/mol. The van der Waals surface area contributed by atoms with Crippen molar-refractivity contribution in [3.8, 4) is 0 Å². The fraction of sp³-hybridized carbons (Fsp3) is 0.900. The summed E-state index contributed by atoms with van der Waals surface area (Å²) >= 11 is 0. The van der Waals surface area contributed by atoms with Gasteiger partial charge in [0.25, 0.3) is 0 Å². The summed E-state index contributed by atoms with van der Waals surface area (Å²) in [6, 6.07) is -0.311. The van der Waals surface area contributed by atoms with Gasteiger partial charge in [-0.25, -0.2) is 8.42 Å². The number of likely N-dealkylation sites (tertiary alicyclic amines) is 1. The number of piperidine rings is 1. The highest BCUT2D eigenvalue weighted by Crippen LogP contribution is 2.24. The molecule has 0 saturated carbocycles. The molecule has 2 fully saturated rings. The van der Waals surface area contributed by atoms with Gasteiger partial charge in [0.05, 0.1) is 23.7 Å². The first kappa shape index (κ1) is 12.8. The molecule has 2 aliphatic heterocycles. The van der Waals surface area contributed by atoms with Gasteiger partial charge in [-0.1, -0.05) is 0 Å². The molecule has 0 spiro atoms. The van der Waals surface area contributed by atoms with Crippen LogP contribution < -0.4 is 5.73 Å². The van der Waals surface area contributed by atoms with Crippen LogP contribution in [-0.2, 0) is 14.6 Å². The van der Waals surface area contributed by atoms with E-state index >= 15 is 0 Å². The zero-order valence-corrected chi connectivity index (χ0v) is 10.4. The van der Waals surface area contributed by atoms with Crippen molar-refractivity contribution in [2.24, 2.45) is 11.7 Å². The van der Waals surface area contributed by atoms with E-state index in [2.05, 4.69) is 0 Å². The number of amides is 1. The first-order valence-corrected chi connectivity index (χ1v) is 7.63. The van der Waals surface area contributed by atoms with Crippen molar-refractivity contribution in [2.45, 2.75) is 25.0 Å². The fourth-order valence-corrected chi connectivity index (χ4v) is 4.51. The maximum atomic E-state index is 11.4. The topological polar surface area (TPSA) is 101 Å². The molecule has 1 amide bonds. The molecule has 3 N–H and O–H groups in total. The van der Waals surface area contributed by atoms with Crippen LogP contribution in [-0.4, -0.2) is 61.1 Å². The summed E-state index contributed by atoms with van der Waals surface area (Å²) in [7, 11) is -3.11. The van der Waals surface area contributed by atoms with Crippen LogP contribution in [0.25, 0.3) is 0 Å². The minimum Gasteiger partial charge on any atom is -0.390 e. The Balaban J connectivity index is 1.96. The third kappa shape index (κ3) is 2.78. The van der Waals surface area contributed by atoms with Crippen molar-refractivity contribution >= 4 is 15.7 Å². The maximum absolute atomic E-state index is 11.4. The van der Waals surface area contributed by atoms with E-state index in [4.69, 9.17) is 5.73 Å². The summed E-state index contributed by atoms with van der Waals surface area (Å²) in [6.45, 7) is 1.26. The molecule has 0 radical (unpaired) electrons. The van der Waals surface area contributed by atoms with Crippen LogP contribution in [0.4, 0.5) is 0 Å². The van der Waals surface area contributed by atoms with Crippen LogP contribution in [0, 0.1) is 5.92 Å². The lowest BCUT2D eigenvalue weighted by Gasteiger charge is -2.35. The quantitative estimate of drug-likeness (QED) is 0.620. The van der Waals surface area contributed by atoms with Gasteiger partial charge in [0.1, 0.15) is 0 Å². The van der Waals surface area contributed by atoms with Gasteiger partial charge in [-0.2, -0.15) is 0 Å². The molecule has 2 saturated heterocycles. The zero-order chi connectivity index (χ0) is 12.6. The van der Waals surface area contributed by atoms with E-state index in [1.54, 1.807) is 0 Å². The van der Waals surface area contributed by atoms with Gasteiger partial charge in [0.15, 0.2) is 9.84 Å². The molecule has 2 rings (SSSR count). The Hall–Kier alpha value is -0.660. The van der Waals surface area contributed by atoms with Crippen LogP contribution in [0.15, 0.2) is 0 Å². The molecular formula is C10H18N2O4S. The number of sulfone groups is 1. The van der Waals surface area contributed by atoms with Gasteiger partial charge >= 0.3 is 0 Å². The summed E-state index contributed by atoms with van der Waals surface area (Å²) in [4.78, 5) is 13.0. The van der Waals surface area contributed by atoms with Crippen LogP contribution in [0.1, 0.15) is 12.8 Å². The Morgan fingerprint density at radius 1 is 1.24 bits per heavy atom. The van der Waals surface area contributed by atoms with E-state index in [9.17, 15) is 18.3 Å². The highest BCUT2D eigenvalue weighted by atomic mass is 32.2. The number of hydrogen-bond acceptors (Lipinski definition) is 5. The molecule has 2 aliphatic rings. The molecular weight excluding hydrogens is 244 g/mol. The molecule has 6 nitrogen and oxygen atoms in total. The molecule has 2 heterocycles. The smallest absolute Gasteiger partial charge is 0.220 e. The van der Waals surface area contributed by atoms with Crippen molar-refractivity contribution in [1.29, 1.82) is 0 Å². The van der Waals surface area contributed by atoms with Crippen LogP contribution in [0.3, 0.4) is 0 Å². The summed E-state index contributed by atoms with van der Waals surface area (Å²) in [5.74, 6) is -0.520. The average molecular weight is 262 g/mol. The van der Waals surface area contributed by atoms with E-state index < -0.39 is 15.9 Å². The van der Waals surface area contributed by atoms with Crippen LogP contribution in [0.2, 0.25) is 0 Å². The van der Waals surface area contributed by atoms with Crippen molar-refractivity contribution in [1.82, 2.24) is 4.90 Å². The van der Waals surface area contributed by atoms with E-state index in [1.165, 1.54) is 0 Å². The molecule has 0 bridgehead atoms. The van der Waals surface area contributed by atoms with E-state index in [-0.39, 0.29) is 29.4 Å². The third-order valence-corrected chi connectivity index (χ3v) is 5.39. The molecule has 0 aliphatic carbocycles. The number of aliphatic hydroxyl groups excluding tert-OH is 1. The number of carbonyl (C=O) groups is 1. The number of aliphatic hydroxyl groups is 1. The molecule has 98 valence electrons. The molecule has 2 unspecified atom stereocenters. The summed E-state index contributed by atoms with van der Waals surface area (Å²) in [5, 5.41) is 9.74. The predicted octanol–water partition coefficient (Wildman–Crippen LogP) is -1.66. The highest BCUT2D eigenvalue weighted by Gasteiger charge is 2.41. The number of nitrogens with zero attached hydrogens (tertiary/aromatic N) is 1. The largest absolute Gasteiger partial charge is 0.390 e. The summed E-state index contributed by atoms with van der Waals surface area (Å²) in [5.41, 5.74) is 5.23. The number of hydrogen-bond donors (Lipinski definition) is 2. The number of nitrogens with two attached hydrogens (primary N) is 1. The maximum Gasteiger partial charge on any atom is 0.220 e. The van der Waals surface area contributed by atoms with Crippen LogP contribution in [0.5, 0.6) is 0 Å². The second kappa shape index (κ2) is 4.55. The highest BCUT2D eigenvalue weighted by molar-refractivity contribution is 7.91. The molecule has 0 aromatic carbocycles. The Morgan fingerprint density at radius 3 is 2.24 bits per heavy atom. The lowest BCUT2D eigenvalue weighted by atomic mass is 9.95. The average Bonchev–Trinajstić information content (AvgIpc) is 2.52. The van der Waals surface area contributed by atoms with Gasteiger partial charge in [0.2, 0.25) is 5.91 Å². The number of primary amides is 1. The molecule has 0 aromatic heterocycles. The fourth-order valence-electron chi connectivity index (χ4n) is 2.67. The Morgan fingerprint density at radius 2 is 1.82 bits per heavy atom. The molecule has 2 atom stereocenters. The van der Waals surface area contributed by atoms with Gasteiger partial charge in [-0.15, -0.1) is 0 Å². The SMILES string of the molecule is NC(=O)C1CCN(C2CS(=O)(=O)CC2O)CC1. The van der Waals surface area contributed by atoms with Crippen molar-refractivity contribution in [3.05, 3.63) is 0 Å². The standard InChI is InChI=1S/C10H18N2O4S/c11-10(14)7-1-3-12(4-2-7)8-5-17(15,16)6-9(8)13/h7-9,13H,1-6H2,(H2,11,14). The van der Waals surface area contributed by atoms with Crippen molar-refractivity contribution in [3.63, 3.8) is 0 Å². The molecule has 0 aromatic rings. The number of rotatable bonds is 2. The van der Waals surface area contributed by atoms with Gasteiger partial charge in [-0.3, -0.25) is 9.69 Å². The lowest BCUT2D eigenvalue weighted by Crippen LogP contribution is -2.48. The first-order valence-electron chi connectivity index (χ1n) is 5.81. The van der Waals surface area contributed by atoms with Gasteiger partial charge < -0.3 is 10.8 Å². The Kier molecular flexibility index (Phi) is 3.42. The van der Waals surface area contributed by atoms with Gasteiger partial charge in [0, 0.05) is 5.92 Å². The molecule has 7 heteroatoms. The summed E-state index contributed by atoms with van der Waals surface area (Å²) in [6.07, 6.45) is 0.502. The molecule has 17 heavy (non-hydrogen) atoms. The van der Waals surface area contributed by atoms with Gasteiger partial charge in [-0.05, 0) is 25.9 Å². The minimum absolute atomic E-state index is 0.0232. The first-order chi connectivity index (χ1) is 7.89. The minimum atomic E-state index is -3.11. The zero-order valence-electron chi connectivity index (χ0n) is 9.58. The van der Waals surface area contributed by atoms with Crippen molar-refractivity contribution < 1.29 is 18.3 Å². The van der Waals surface area contributed by atoms with E-state index in [0.717, 1.165) is 0 Å². The monoisotopic (exact) mass is 262 g/mol. The normalized spacial score (nSPS) is 34.9. The Labute approximate surface area is 101 Å². The van der Waals surface area contributed by atoms with Crippen LogP contribution >= 0.6 is 0 Å².